The molecule has 148 valence electrons. The lowest BCUT2D eigenvalue weighted by atomic mass is 9.97. The van der Waals surface area contributed by atoms with Crippen molar-refractivity contribution in [3.63, 3.8) is 0 Å². The molecular weight excluding hydrogens is 368 g/mol. The van der Waals surface area contributed by atoms with Gasteiger partial charge >= 0.3 is 5.97 Å². The van der Waals surface area contributed by atoms with Gasteiger partial charge in [0.05, 0.1) is 24.2 Å². The molecule has 2 heterocycles. The van der Waals surface area contributed by atoms with Gasteiger partial charge < -0.3 is 18.8 Å². The highest BCUT2D eigenvalue weighted by molar-refractivity contribution is 5.91. The van der Waals surface area contributed by atoms with Crippen molar-refractivity contribution in [3.8, 4) is 5.75 Å². The summed E-state index contributed by atoms with van der Waals surface area (Å²) < 4.78 is 15.6. The van der Waals surface area contributed by atoms with E-state index in [9.17, 15) is 19.7 Å². The number of rotatable bonds is 6. The van der Waals surface area contributed by atoms with Crippen LogP contribution in [0.25, 0.3) is 0 Å². The van der Waals surface area contributed by atoms with E-state index in [0.717, 1.165) is 0 Å². The lowest BCUT2D eigenvalue weighted by molar-refractivity contribution is -0.385. The number of amides is 1. The SMILES string of the molecule is COc1ccc([N+](=O)[O-])cc1COC(=O)C1CCN(C(=O)c2ccco2)CC1. The average molecular weight is 388 g/mol. The van der Waals surface area contributed by atoms with E-state index in [1.54, 1.807) is 17.0 Å². The number of likely N-dealkylation sites (tertiary alicyclic amines) is 1. The Hall–Kier alpha value is -3.36. The fourth-order valence-electron chi connectivity index (χ4n) is 3.13. The van der Waals surface area contributed by atoms with Crippen LogP contribution in [0.4, 0.5) is 5.69 Å². The molecule has 0 aliphatic carbocycles. The molecule has 1 aliphatic heterocycles. The Kier molecular flexibility index (Phi) is 5.93. The highest BCUT2D eigenvalue weighted by atomic mass is 16.6. The summed E-state index contributed by atoms with van der Waals surface area (Å²) in [6.07, 6.45) is 2.41. The number of nitro groups is 1. The van der Waals surface area contributed by atoms with Crippen molar-refractivity contribution in [1.82, 2.24) is 4.90 Å². The molecule has 1 aliphatic rings. The maximum absolute atomic E-state index is 12.4. The topological polar surface area (TPSA) is 112 Å². The first kappa shape index (κ1) is 19.4. The van der Waals surface area contributed by atoms with E-state index in [0.29, 0.717) is 37.2 Å². The van der Waals surface area contributed by atoms with Crippen LogP contribution in [-0.2, 0) is 16.1 Å². The number of hydrogen-bond acceptors (Lipinski definition) is 7. The maximum atomic E-state index is 12.4. The van der Waals surface area contributed by atoms with Crippen LogP contribution in [0.2, 0.25) is 0 Å². The first-order valence-corrected chi connectivity index (χ1v) is 8.80. The summed E-state index contributed by atoms with van der Waals surface area (Å²) in [5.74, 6) is -0.224. The first-order chi connectivity index (χ1) is 13.5. The summed E-state index contributed by atoms with van der Waals surface area (Å²) in [5.41, 5.74) is 0.326. The second kappa shape index (κ2) is 8.55. The van der Waals surface area contributed by atoms with Crippen LogP contribution >= 0.6 is 0 Å². The number of benzene rings is 1. The number of esters is 1. The minimum atomic E-state index is -0.517. The van der Waals surface area contributed by atoms with E-state index in [2.05, 4.69) is 0 Å². The normalized spacial score (nSPS) is 14.5. The lowest BCUT2D eigenvalue weighted by Gasteiger charge is -2.30. The van der Waals surface area contributed by atoms with Crippen molar-refractivity contribution in [2.24, 2.45) is 5.92 Å². The summed E-state index contributed by atoms with van der Waals surface area (Å²) in [6.45, 7) is 0.744. The number of nitrogens with zero attached hydrogens (tertiary/aromatic N) is 2. The molecule has 0 unspecified atom stereocenters. The molecule has 1 aromatic carbocycles. The van der Waals surface area contributed by atoms with Gasteiger partial charge in [-0.15, -0.1) is 0 Å². The Morgan fingerprint density at radius 2 is 2.04 bits per heavy atom. The molecule has 1 fully saturated rings. The summed E-state index contributed by atoms with van der Waals surface area (Å²) in [6, 6.07) is 7.39. The van der Waals surface area contributed by atoms with Crippen LogP contribution in [0.1, 0.15) is 29.0 Å². The van der Waals surface area contributed by atoms with Crippen LogP contribution in [0.5, 0.6) is 5.75 Å². The van der Waals surface area contributed by atoms with Crippen molar-refractivity contribution in [2.45, 2.75) is 19.4 Å². The zero-order chi connectivity index (χ0) is 20.1. The Labute approximate surface area is 161 Å². The molecule has 1 aromatic heterocycles. The fourth-order valence-corrected chi connectivity index (χ4v) is 3.13. The molecule has 0 radical (unpaired) electrons. The molecule has 1 saturated heterocycles. The number of hydrogen-bond donors (Lipinski definition) is 0. The lowest BCUT2D eigenvalue weighted by Crippen LogP contribution is -2.40. The Bertz CT molecular complexity index is 855. The third kappa shape index (κ3) is 4.30. The quantitative estimate of drug-likeness (QED) is 0.425. The van der Waals surface area contributed by atoms with Crippen LogP contribution in [0.15, 0.2) is 41.0 Å². The second-order valence-electron chi connectivity index (χ2n) is 6.40. The highest BCUT2D eigenvalue weighted by Gasteiger charge is 2.29. The van der Waals surface area contributed by atoms with Crippen molar-refractivity contribution >= 4 is 17.6 Å². The maximum Gasteiger partial charge on any atom is 0.309 e. The van der Waals surface area contributed by atoms with Crippen molar-refractivity contribution in [2.75, 3.05) is 20.2 Å². The summed E-state index contributed by atoms with van der Waals surface area (Å²) in [5, 5.41) is 10.9. The van der Waals surface area contributed by atoms with E-state index in [-0.39, 0.29) is 29.9 Å². The van der Waals surface area contributed by atoms with Gasteiger partial charge in [0.1, 0.15) is 12.4 Å². The number of methoxy groups -OCH3 is 1. The monoisotopic (exact) mass is 388 g/mol. The van der Waals surface area contributed by atoms with Gasteiger partial charge in [-0.1, -0.05) is 0 Å². The van der Waals surface area contributed by atoms with Crippen molar-refractivity contribution in [1.29, 1.82) is 0 Å². The largest absolute Gasteiger partial charge is 0.496 e. The third-order valence-corrected chi connectivity index (χ3v) is 4.69. The highest BCUT2D eigenvalue weighted by Crippen LogP contribution is 2.26. The summed E-state index contributed by atoms with van der Waals surface area (Å²) >= 11 is 0. The van der Waals surface area contributed by atoms with E-state index in [1.807, 2.05) is 0 Å². The van der Waals surface area contributed by atoms with Gasteiger partial charge in [0.2, 0.25) is 0 Å². The smallest absolute Gasteiger partial charge is 0.309 e. The van der Waals surface area contributed by atoms with Gasteiger partial charge in [0, 0.05) is 30.8 Å². The molecule has 0 N–H and O–H groups in total. The van der Waals surface area contributed by atoms with E-state index in [4.69, 9.17) is 13.9 Å². The molecule has 0 saturated carbocycles. The van der Waals surface area contributed by atoms with Crippen molar-refractivity contribution in [3.05, 3.63) is 58.0 Å². The number of ether oxygens (including phenoxy) is 2. The van der Waals surface area contributed by atoms with Gasteiger partial charge in [0.25, 0.3) is 11.6 Å². The van der Waals surface area contributed by atoms with Crippen LogP contribution < -0.4 is 4.74 Å². The molecule has 9 heteroatoms. The summed E-state index contributed by atoms with van der Waals surface area (Å²) in [7, 11) is 1.44. The van der Waals surface area contributed by atoms with Gasteiger partial charge in [-0.25, -0.2) is 0 Å². The summed E-state index contributed by atoms with van der Waals surface area (Å²) in [4.78, 5) is 36.7. The zero-order valence-corrected chi connectivity index (χ0v) is 15.3. The molecule has 0 bridgehead atoms. The zero-order valence-electron chi connectivity index (χ0n) is 15.3. The van der Waals surface area contributed by atoms with Gasteiger partial charge in [-0.05, 0) is 31.0 Å². The van der Waals surface area contributed by atoms with E-state index in [1.165, 1.54) is 31.6 Å². The number of furan rings is 1. The third-order valence-electron chi connectivity index (χ3n) is 4.69. The van der Waals surface area contributed by atoms with Crippen molar-refractivity contribution < 1.29 is 28.4 Å². The molecule has 0 spiro atoms. The molecule has 9 nitrogen and oxygen atoms in total. The average Bonchev–Trinajstić information content (AvgIpc) is 3.26. The molecule has 1 amide bonds. The van der Waals surface area contributed by atoms with Gasteiger partial charge in [0.15, 0.2) is 5.76 Å². The number of piperidine rings is 1. The predicted octanol–water partition coefficient (Wildman–Crippen LogP) is 2.79. The standard InChI is InChI=1S/C19H20N2O7/c1-26-16-5-4-15(21(24)25)11-14(16)12-28-19(23)13-6-8-20(9-7-13)18(22)17-3-2-10-27-17/h2-5,10-11,13H,6-9,12H2,1H3. The predicted molar refractivity (Wildman–Crippen MR) is 96.8 cm³/mol. The van der Waals surface area contributed by atoms with Crippen LogP contribution in [0, 0.1) is 16.0 Å². The number of nitro benzene ring substituents is 1. The minimum Gasteiger partial charge on any atom is -0.496 e. The van der Waals surface area contributed by atoms with Crippen LogP contribution in [-0.4, -0.2) is 41.9 Å². The number of non-ortho nitro benzene ring substituents is 1. The fraction of sp³-hybridized carbons (Fsp3) is 0.368. The van der Waals surface area contributed by atoms with Gasteiger partial charge in [-0.3, -0.25) is 19.7 Å². The van der Waals surface area contributed by atoms with E-state index < -0.39 is 10.9 Å². The Morgan fingerprint density at radius 1 is 1.29 bits per heavy atom. The van der Waals surface area contributed by atoms with E-state index >= 15 is 0 Å². The second-order valence-corrected chi connectivity index (χ2v) is 6.40. The molecule has 2 aromatic rings. The molecule has 0 atom stereocenters. The molecule has 28 heavy (non-hydrogen) atoms. The first-order valence-electron chi connectivity index (χ1n) is 8.80. The number of carbonyl (C=O) groups excluding carboxylic acids is 2. The molecular formula is C19H20N2O7. The van der Waals surface area contributed by atoms with Crippen LogP contribution in [0.3, 0.4) is 0 Å². The molecule has 3 rings (SSSR count). The Morgan fingerprint density at radius 3 is 2.64 bits per heavy atom. The minimum absolute atomic E-state index is 0.100. The van der Waals surface area contributed by atoms with Gasteiger partial charge in [-0.2, -0.15) is 0 Å². The number of carbonyl (C=O) groups is 2. The Balaban J connectivity index is 1.54.